The molecule has 2 atom stereocenters. The van der Waals surface area contributed by atoms with Crippen LogP contribution in [0.15, 0.2) is 39.5 Å². The lowest BCUT2D eigenvalue weighted by atomic mass is 9.85. The highest BCUT2D eigenvalue weighted by Gasteiger charge is 2.35. The van der Waals surface area contributed by atoms with E-state index in [-0.39, 0.29) is 34.6 Å². The lowest BCUT2D eigenvalue weighted by Crippen LogP contribution is -2.40. The van der Waals surface area contributed by atoms with Crippen molar-refractivity contribution < 1.29 is 33.5 Å². The average Bonchev–Trinajstić information content (AvgIpc) is 2.69. The molecule has 2 heterocycles. The van der Waals surface area contributed by atoms with Crippen LogP contribution in [-0.2, 0) is 4.57 Å². The van der Waals surface area contributed by atoms with Gasteiger partial charge in [-0.25, -0.2) is 4.57 Å². The molecule has 12 heteroatoms. The largest absolute Gasteiger partial charge is 0.524 e. The van der Waals surface area contributed by atoms with Gasteiger partial charge >= 0.3 is 7.82 Å². The van der Waals surface area contributed by atoms with Gasteiger partial charge in [-0.3, -0.25) is 14.6 Å². The molecule has 4 N–H and O–H groups in total. The quantitative estimate of drug-likeness (QED) is 0.313. The molecule has 1 aliphatic rings. The minimum atomic E-state index is -5.04. The van der Waals surface area contributed by atoms with Gasteiger partial charge in [-0.05, 0) is 26.1 Å². The molecular formula is C21H22BClNO8P. The van der Waals surface area contributed by atoms with Crippen molar-refractivity contribution in [1.29, 1.82) is 0 Å². The fraction of sp³-hybridized carbons (Fsp3) is 0.286. The van der Waals surface area contributed by atoms with Crippen LogP contribution in [0.4, 0.5) is 0 Å². The van der Waals surface area contributed by atoms with E-state index in [9.17, 15) is 29.4 Å². The first-order valence-electron chi connectivity index (χ1n) is 10.2. The molecule has 0 amide bonds. The van der Waals surface area contributed by atoms with Crippen LogP contribution < -0.4 is 15.4 Å². The van der Waals surface area contributed by atoms with Crippen LogP contribution in [0.25, 0.3) is 22.3 Å². The zero-order valence-corrected chi connectivity index (χ0v) is 19.5. The normalized spacial score (nSPS) is 19.7. The summed E-state index contributed by atoms with van der Waals surface area (Å²) >= 11 is 6.33. The van der Waals surface area contributed by atoms with Crippen LogP contribution in [0.3, 0.4) is 0 Å². The third kappa shape index (κ3) is 4.82. The van der Waals surface area contributed by atoms with E-state index in [1.54, 1.807) is 18.2 Å². The molecule has 4 rings (SSSR count). The number of hydrogen-bond acceptors (Lipinski definition) is 7. The first-order valence-corrected chi connectivity index (χ1v) is 12.1. The first-order chi connectivity index (χ1) is 15.4. The van der Waals surface area contributed by atoms with Gasteiger partial charge in [-0.1, -0.05) is 29.2 Å². The number of aliphatic hydroxyl groups excluding tert-OH is 1. The number of halogens is 1. The fourth-order valence-electron chi connectivity index (χ4n) is 4.25. The van der Waals surface area contributed by atoms with Crippen LogP contribution in [0.2, 0.25) is 5.02 Å². The summed E-state index contributed by atoms with van der Waals surface area (Å²) < 4.78 is 22.6. The van der Waals surface area contributed by atoms with Crippen molar-refractivity contribution in [2.24, 2.45) is 0 Å². The van der Waals surface area contributed by atoms with Crippen molar-refractivity contribution in [2.45, 2.75) is 18.4 Å². The van der Waals surface area contributed by atoms with Crippen LogP contribution in [0, 0.1) is 0 Å². The first kappa shape index (κ1) is 23.8. The highest BCUT2D eigenvalue weighted by molar-refractivity contribution is 7.46. The summed E-state index contributed by atoms with van der Waals surface area (Å²) in [6.07, 6.45) is -0.541. The van der Waals surface area contributed by atoms with Gasteiger partial charge in [0, 0.05) is 35.7 Å². The number of nitrogens with zero attached hydrogens (tertiary/aromatic N) is 1. The smallest absolute Gasteiger partial charge is 0.507 e. The molecule has 9 nitrogen and oxygen atoms in total. The number of hydrogen-bond donors (Lipinski definition) is 4. The molecule has 1 aromatic heterocycles. The summed E-state index contributed by atoms with van der Waals surface area (Å²) in [4.78, 5) is 33.8. The summed E-state index contributed by atoms with van der Waals surface area (Å²) in [5, 5.41) is 21.5. The molecule has 2 aromatic carbocycles. The Morgan fingerprint density at radius 2 is 2.00 bits per heavy atom. The molecule has 0 saturated carbocycles. The molecule has 0 bridgehead atoms. The van der Waals surface area contributed by atoms with Crippen molar-refractivity contribution in [3.8, 4) is 22.8 Å². The second-order valence-electron chi connectivity index (χ2n) is 8.28. The predicted molar refractivity (Wildman–Crippen MR) is 126 cm³/mol. The second-order valence-corrected chi connectivity index (χ2v) is 9.85. The number of piperidine rings is 1. The molecule has 1 aliphatic heterocycles. The number of aromatic hydroxyl groups is 1. The van der Waals surface area contributed by atoms with E-state index in [0.717, 1.165) is 11.5 Å². The Hall–Kier alpha value is -2.33. The Kier molecular flexibility index (Phi) is 6.35. The number of benzene rings is 2. The summed E-state index contributed by atoms with van der Waals surface area (Å²) in [5.74, 6) is -1.48. The number of aliphatic hydroxyl groups is 1. The van der Waals surface area contributed by atoms with Gasteiger partial charge in [0.2, 0.25) is 0 Å². The average molecular weight is 494 g/mol. The second kappa shape index (κ2) is 8.79. The Bertz CT molecular complexity index is 1340. The Morgan fingerprint density at radius 1 is 1.27 bits per heavy atom. The maximum atomic E-state index is 13.0. The van der Waals surface area contributed by atoms with E-state index < -0.39 is 31.0 Å². The van der Waals surface area contributed by atoms with Crippen LogP contribution >= 0.6 is 19.4 Å². The summed E-state index contributed by atoms with van der Waals surface area (Å²) in [6, 6.07) is 7.34. The number of fused-ring (bicyclic) bond motifs is 1. The maximum Gasteiger partial charge on any atom is 0.524 e. The topological polar surface area (TPSA) is 141 Å². The third-order valence-electron chi connectivity index (χ3n) is 5.74. The molecule has 0 radical (unpaired) electrons. The van der Waals surface area contributed by atoms with Gasteiger partial charge in [0.05, 0.1) is 11.1 Å². The molecular weight excluding hydrogens is 471 g/mol. The molecule has 0 spiro atoms. The molecule has 33 heavy (non-hydrogen) atoms. The third-order valence-corrected chi connectivity index (χ3v) is 6.51. The zero-order chi connectivity index (χ0) is 24.1. The highest BCUT2D eigenvalue weighted by atomic mass is 35.5. The molecule has 2 unspecified atom stereocenters. The SMILES string of the molecule is Bc1ccc(Cl)c(-c2cc(=O)c3c(O)cc(OP(=O)(O)O)c(C4CCN(C)CC4O)c3o2)c1. The summed E-state index contributed by atoms with van der Waals surface area (Å²) in [6.45, 7) is 0.864. The number of phenolic OH excluding ortho intramolecular Hbond substituents is 1. The van der Waals surface area contributed by atoms with E-state index in [2.05, 4.69) is 0 Å². The van der Waals surface area contributed by atoms with E-state index in [1.807, 2.05) is 19.8 Å². The van der Waals surface area contributed by atoms with Gasteiger partial charge in [0.25, 0.3) is 0 Å². The van der Waals surface area contributed by atoms with Crippen molar-refractivity contribution in [3.63, 3.8) is 0 Å². The zero-order valence-electron chi connectivity index (χ0n) is 17.9. The highest BCUT2D eigenvalue weighted by Crippen LogP contribution is 2.48. The van der Waals surface area contributed by atoms with Gasteiger partial charge in [0.15, 0.2) is 5.43 Å². The predicted octanol–water partition coefficient (Wildman–Crippen LogP) is 1.33. The Balaban J connectivity index is 2.06. The van der Waals surface area contributed by atoms with Gasteiger partial charge in [-0.2, -0.15) is 0 Å². The number of rotatable bonds is 4. The van der Waals surface area contributed by atoms with Gasteiger partial charge in [-0.15, -0.1) is 0 Å². The van der Waals surface area contributed by atoms with E-state index >= 15 is 0 Å². The summed E-state index contributed by atoms with van der Waals surface area (Å²) in [5.41, 5.74) is 0.713. The standard InChI is InChI=1S/C21H22BClNO8P/c1-24-5-4-11(16(27)9-24)19-18(32-33(28,29)30)8-15(26)20-14(25)7-17(31-21(19)20)12-6-10(22)2-3-13(12)23/h2-3,6-8,11,16,26-27H,4-5,9,22H2,1H3,(H2,28,29,30). The molecule has 0 aliphatic carbocycles. The fourth-order valence-corrected chi connectivity index (χ4v) is 4.87. The molecule has 1 fully saturated rings. The maximum absolute atomic E-state index is 13.0. The van der Waals surface area contributed by atoms with Crippen molar-refractivity contribution in [1.82, 2.24) is 4.90 Å². The van der Waals surface area contributed by atoms with Crippen LogP contribution in [0.5, 0.6) is 11.5 Å². The molecule has 1 saturated heterocycles. The van der Waals surface area contributed by atoms with E-state index in [4.69, 9.17) is 20.5 Å². The number of β-amino-alcohol motifs (C(OH)–C–C–N with tert-alkyl or cyclic N) is 1. The number of phenols is 1. The lowest BCUT2D eigenvalue weighted by molar-refractivity contribution is 0.0632. The Morgan fingerprint density at radius 3 is 2.67 bits per heavy atom. The molecule has 174 valence electrons. The van der Waals surface area contributed by atoms with Crippen molar-refractivity contribution in [2.75, 3.05) is 20.1 Å². The number of likely N-dealkylation sites (tertiary alicyclic amines) is 1. The van der Waals surface area contributed by atoms with Gasteiger partial charge in [0.1, 0.15) is 36.1 Å². The van der Waals surface area contributed by atoms with E-state index in [1.165, 1.54) is 6.07 Å². The van der Waals surface area contributed by atoms with Crippen molar-refractivity contribution >= 4 is 43.7 Å². The van der Waals surface area contributed by atoms with E-state index in [0.29, 0.717) is 23.6 Å². The van der Waals surface area contributed by atoms with Crippen molar-refractivity contribution in [3.05, 3.63) is 51.1 Å². The molecule has 3 aromatic rings. The number of phosphoric ester groups is 1. The van der Waals surface area contributed by atoms with Gasteiger partial charge < -0.3 is 24.1 Å². The summed E-state index contributed by atoms with van der Waals surface area (Å²) in [7, 11) is -1.36. The van der Waals surface area contributed by atoms with Crippen LogP contribution in [0.1, 0.15) is 17.9 Å². The van der Waals surface area contributed by atoms with Crippen LogP contribution in [-0.4, -0.2) is 59.0 Å². The monoisotopic (exact) mass is 493 g/mol. The Labute approximate surface area is 194 Å². The minimum Gasteiger partial charge on any atom is -0.507 e. The lowest BCUT2D eigenvalue weighted by Gasteiger charge is -2.34. The minimum absolute atomic E-state index is 0.106. The number of likely N-dealkylation sites (N-methyl/N-ethyl adjacent to an activating group) is 1. The number of phosphoric acid groups is 1.